The van der Waals surface area contributed by atoms with Crippen LogP contribution in [-0.4, -0.2) is 29.6 Å². The summed E-state index contributed by atoms with van der Waals surface area (Å²) in [6.07, 6.45) is 6.38. The Morgan fingerprint density at radius 3 is 2.83 bits per heavy atom. The molecule has 0 radical (unpaired) electrons. The zero-order chi connectivity index (χ0) is 14.5. The first-order chi connectivity index (χ1) is 10.3. The Hall–Kier alpha value is -1.23. The molecule has 0 spiro atoms. The number of hydrogen-bond acceptors (Lipinski definition) is 2. The maximum Gasteiger partial charge on any atom is 0.237 e. The van der Waals surface area contributed by atoms with Crippen LogP contribution in [0, 0.1) is 0 Å². The number of carbonyl (C=O) groups excluding carboxylic acids is 1. The molecule has 0 saturated carbocycles. The van der Waals surface area contributed by atoms with Crippen molar-refractivity contribution in [3.63, 3.8) is 0 Å². The molecule has 1 aromatic carbocycles. The molecule has 1 aliphatic heterocycles. The fourth-order valence-corrected chi connectivity index (χ4v) is 3.00. The molecule has 0 aliphatic carbocycles. The predicted octanol–water partition coefficient (Wildman–Crippen LogP) is 3.13. The number of halogens is 2. The molecule has 1 amide bonds. The molecular weight excluding hydrogens is 333 g/mol. The molecule has 2 N–H and O–H groups in total. The number of fused-ring (bicyclic) bond motifs is 1. The summed E-state index contributed by atoms with van der Waals surface area (Å²) >= 11 is 0. The first-order valence-corrected chi connectivity index (χ1v) is 7.89. The number of aromatic nitrogens is 1. The van der Waals surface area contributed by atoms with Gasteiger partial charge in [-0.1, -0.05) is 24.6 Å². The standard InChI is InChI=1S/C17H23N3O.2ClH/c21-17(15-7-3-4-10-18-15)19-11-5-12-20-13-9-14-6-1-2-8-16(14)20;;/h1-2,6,8-9,13,15,18H,3-5,7,10-12H2,(H,19,21);2*1H. The summed E-state index contributed by atoms with van der Waals surface area (Å²) in [5.74, 6) is 0.159. The summed E-state index contributed by atoms with van der Waals surface area (Å²) < 4.78 is 2.25. The molecule has 1 aliphatic rings. The topological polar surface area (TPSA) is 46.1 Å². The van der Waals surface area contributed by atoms with E-state index in [4.69, 9.17) is 0 Å². The van der Waals surface area contributed by atoms with Crippen molar-refractivity contribution in [2.75, 3.05) is 13.1 Å². The van der Waals surface area contributed by atoms with E-state index in [0.29, 0.717) is 0 Å². The van der Waals surface area contributed by atoms with Crippen molar-refractivity contribution in [2.45, 2.75) is 38.3 Å². The minimum atomic E-state index is 0. The van der Waals surface area contributed by atoms with Gasteiger partial charge in [0.2, 0.25) is 5.91 Å². The third kappa shape index (κ3) is 5.13. The van der Waals surface area contributed by atoms with E-state index in [2.05, 4.69) is 51.7 Å². The van der Waals surface area contributed by atoms with Gasteiger partial charge >= 0.3 is 0 Å². The second-order valence-electron chi connectivity index (χ2n) is 5.72. The zero-order valence-corrected chi connectivity index (χ0v) is 14.8. The van der Waals surface area contributed by atoms with Crippen molar-refractivity contribution >= 4 is 41.6 Å². The molecule has 1 aromatic heterocycles. The van der Waals surface area contributed by atoms with Gasteiger partial charge in [0, 0.05) is 24.8 Å². The molecule has 0 bridgehead atoms. The van der Waals surface area contributed by atoms with Crippen molar-refractivity contribution in [1.29, 1.82) is 0 Å². The van der Waals surface area contributed by atoms with Crippen molar-refractivity contribution in [2.24, 2.45) is 0 Å². The smallest absolute Gasteiger partial charge is 0.237 e. The van der Waals surface area contributed by atoms with E-state index >= 15 is 0 Å². The van der Waals surface area contributed by atoms with Crippen LogP contribution in [0.25, 0.3) is 10.9 Å². The van der Waals surface area contributed by atoms with Crippen LogP contribution in [0.4, 0.5) is 0 Å². The van der Waals surface area contributed by atoms with Crippen LogP contribution in [0.5, 0.6) is 0 Å². The lowest BCUT2D eigenvalue weighted by Crippen LogP contribution is -2.46. The van der Waals surface area contributed by atoms with Gasteiger partial charge in [-0.2, -0.15) is 0 Å². The van der Waals surface area contributed by atoms with Crippen LogP contribution in [0.3, 0.4) is 0 Å². The Bertz CT molecular complexity index is 609. The molecule has 1 unspecified atom stereocenters. The maximum atomic E-state index is 12.0. The first kappa shape index (κ1) is 19.8. The number of amides is 1. The summed E-state index contributed by atoms with van der Waals surface area (Å²) in [6, 6.07) is 10.5. The summed E-state index contributed by atoms with van der Waals surface area (Å²) in [4.78, 5) is 12.0. The zero-order valence-electron chi connectivity index (χ0n) is 13.2. The van der Waals surface area contributed by atoms with Crippen LogP contribution in [0.1, 0.15) is 25.7 Å². The molecule has 1 fully saturated rings. The highest BCUT2D eigenvalue weighted by Gasteiger charge is 2.19. The van der Waals surface area contributed by atoms with Gasteiger partial charge in [0.1, 0.15) is 0 Å². The van der Waals surface area contributed by atoms with Crippen LogP contribution < -0.4 is 10.6 Å². The Balaban J connectivity index is 0.00000132. The molecule has 23 heavy (non-hydrogen) atoms. The molecule has 2 heterocycles. The number of benzene rings is 1. The maximum absolute atomic E-state index is 12.0. The number of para-hydroxylation sites is 1. The number of rotatable bonds is 5. The second-order valence-corrected chi connectivity index (χ2v) is 5.72. The molecule has 1 atom stereocenters. The molecule has 128 valence electrons. The molecular formula is C17H25Cl2N3O. The largest absolute Gasteiger partial charge is 0.355 e. The molecule has 1 saturated heterocycles. The van der Waals surface area contributed by atoms with Gasteiger partial charge < -0.3 is 15.2 Å². The van der Waals surface area contributed by atoms with Crippen LogP contribution in [0.15, 0.2) is 36.5 Å². The monoisotopic (exact) mass is 357 g/mol. The third-order valence-electron chi connectivity index (χ3n) is 4.18. The van der Waals surface area contributed by atoms with Gasteiger partial charge in [-0.3, -0.25) is 4.79 Å². The minimum absolute atomic E-state index is 0. The fourth-order valence-electron chi connectivity index (χ4n) is 3.00. The summed E-state index contributed by atoms with van der Waals surface area (Å²) in [7, 11) is 0. The lowest BCUT2D eigenvalue weighted by atomic mass is 10.0. The number of piperidine rings is 1. The Labute approximate surface area is 149 Å². The van der Waals surface area contributed by atoms with E-state index in [1.54, 1.807) is 0 Å². The van der Waals surface area contributed by atoms with Gasteiger partial charge in [0.25, 0.3) is 0 Å². The molecule has 2 aromatic rings. The molecule has 4 nitrogen and oxygen atoms in total. The van der Waals surface area contributed by atoms with Gasteiger partial charge in [-0.25, -0.2) is 0 Å². The van der Waals surface area contributed by atoms with Crippen LogP contribution >= 0.6 is 24.8 Å². The highest BCUT2D eigenvalue weighted by molar-refractivity contribution is 5.85. The highest BCUT2D eigenvalue weighted by atomic mass is 35.5. The lowest BCUT2D eigenvalue weighted by molar-refractivity contribution is -0.123. The van der Waals surface area contributed by atoms with E-state index < -0.39 is 0 Å². The van der Waals surface area contributed by atoms with Crippen LogP contribution in [0.2, 0.25) is 0 Å². The number of aryl methyl sites for hydroxylation is 1. The molecule has 6 heteroatoms. The Morgan fingerprint density at radius 2 is 2.04 bits per heavy atom. The number of nitrogens with one attached hydrogen (secondary N) is 2. The lowest BCUT2D eigenvalue weighted by Gasteiger charge is -2.22. The molecule has 3 rings (SSSR count). The van der Waals surface area contributed by atoms with E-state index in [9.17, 15) is 4.79 Å². The van der Waals surface area contributed by atoms with Gasteiger partial charge in [-0.15, -0.1) is 24.8 Å². The SMILES string of the molecule is Cl.Cl.O=C(NCCCn1ccc2ccccc21)C1CCCCN1. The summed E-state index contributed by atoms with van der Waals surface area (Å²) in [5.41, 5.74) is 1.26. The summed E-state index contributed by atoms with van der Waals surface area (Å²) in [6.45, 7) is 2.64. The number of hydrogen-bond donors (Lipinski definition) is 2. The van der Waals surface area contributed by atoms with Crippen molar-refractivity contribution < 1.29 is 4.79 Å². The summed E-state index contributed by atoms with van der Waals surface area (Å²) in [5, 5.41) is 7.60. The first-order valence-electron chi connectivity index (χ1n) is 7.89. The predicted molar refractivity (Wildman–Crippen MR) is 99.7 cm³/mol. The second kappa shape index (κ2) is 9.81. The van der Waals surface area contributed by atoms with Crippen molar-refractivity contribution in [3.05, 3.63) is 36.5 Å². The highest BCUT2D eigenvalue weighted by Crippen LogP contribution is 2.15. The quantitative estimate of drug-likeness (QED) is 0.807. The Morgan fingerprint density at radius 1 is 1.22 bits per heavy atom. The van der Waals surface area contributed by atoms with E-state index in [1.165, 1.54) is 17.3 Å². The van der Waals surface area contributed by atoms with E-state index in [1.807, 2.05) is 0 Å². The van der Waals surface area contributed by atoms with E-state index in [0.717, 1.165) is 38.9 Å². The minimum Gasteiger partial charge on any atom is -0.355 e. The van der Waals surface area contributed by atoms with E-state index in [-0.39, 0.29) is 36.8 Å². The average molecular weight is 358 g/mol. The third-order valence-corrected chi connectivity index (χ3v) is 4.18. The van der Waals surface area contributed by atoms with Crippen molar-refractivity contribution in [3.8, 4) is 0 Å². The van der Waals surface area contributed by atoms with Gasteiger partial charge in [0.05, 0.1) is 6.04 Å². The average Bonchev–Trinajstić information content (AvgIpc) is 2.95. The number of nitrogens with zero attached hydrogens (tertiary/aromatic N) is 1. The van der Waals surface area contributed by atoms with Gasteiger partial charge in [0.15, 0.2) is 0 Å². The number of carbonyl (C=O) groups is 1. The fraction of sp³-hybridized carbons (Fsp3) is 0.471. The van der Waals surface area contributed by atoms with Gasteiger partial charge in [-0.05, 0) is 43.3 Å². The normalized spacial score (nSPS) is 17.1. The van der Waals surface area contributed by atoms with Crippen LogP contribution in [-0.2, 0) is 11.3 Å². The Kier molecular flexibility index (Phi) is 8.45. The van der Waals surface area contributed by atoms with Crippen molar-refractivity contribution in [1.82, 2.24) is 15.2 Å².